The number of halogens is 1. The van der Waals surface area contributed by atoms with E-state index in [0.717, 1.165) is 0 Å². The monoisotopic (exact) mass is 173 g/mol. The first kappa shape index (κ1) is 7.98. The summed E-state index contributed by atoms with van der Waals surface area (Å²) in [4.78, 5) is 10.9. The van der Waals surface area contributed by atoms with Crippen LogP contribution in [0.2, 0.25) is 0 Å². The van der Waals surface area contributed by atoms with Gasteiger partial charge in [-0.1, -0.05) is 0 Å². The van der Waals surface area contributed by atoms with Gasteiger partial charge in [0.05, 0.1) is 0 Å². The molecular weight excluding hydrogens is 161 g/mol. The van der Waals surface area contributed by atoms with E-state index in [1.54, 1.807) is 0 Å². The van der Waals surface area contributed by atoms with Gasteiger partial charge in [-0.2, -0.15) is 0 Å². The minimum Gasteiger partial charge on any atom is -0.480 e. The summed E-state index contributed by atoms with van der Waals surface area (Å²) in [5.41, 5.74) is -1.30. The predicted molar refractivity (Wildman–Crippen MR) is 40.7 cm³/mol. The number of hydrogen-bond acceptors (Lipinski definition) is 2. The number of carboxylic acids is 1. The van der Waals surface area contributed by atoms with Gasteiger partial charge in [0.25, 0.3) is 0 Å². The largest absolute Gasteiger partial charge is 0.480 e. The Kier molecular flexibility index (Phi) is 1.46. The second-order valence-electron chi connectivity index (χ2n) is 3.93. The van der Waals surface area contributed by atoms with Gasteiger partial charge in [0.15, 0.2) is 0 Å². The molecule has 12 heavy (non-hydrogen) atoms. The van der Waals surface area contributed by atoms with E-state index in [2.05, 4.69) is 5.32 Å². The molecule has 0 spiro atoms. The van der Waals surface area contributed by atoms with Crippen molar-refractivity contribution in [1.29, 1.82) is 0 Å². The van der Waals surface area contributed by atoms with Crippen LogP contribution in [-0.2, 0) is 4.79 Å². The number of rotatable bonds is 2. The van der Waals surface area contributed by atoms with Gasteiger partial charge in [0.1, 0.15) is 12.2 Å². The van der Waals surface area contributed by atoms with Crippen molar-refractivity contribution >= 4 is 5.97 Å². The highest BCUT2D eigenvalue weighted by Gasteiger charge is 2.57. The van der Waals surface area contributed by atoms with Crippen molar-refractivity contribution in [1.82, 2.24) is 5.32 Å². The van der Waals surface area contributed by atoms with E-state index in [9.17, 15) is 9.18 Å². The molecule has 3 nitrogen and oxygen atoms in total. The Morgan fingerprint density at radius 2 is 2.00 bits per heavy atom. The SMILES string of the molecule is O=C(O)C12CCC(CF)(CC1)N2. The Morgan fingerprint density at radius 1 is 1.42 bits per heavy atom. The Balaban J connectivity index is 2.23. The quantitative estimate of drug-likeness (QED) is 0.646. The van der Waals surface area contributed by atoms with E-state index in [0.29, 0.717) is 25.7 Å². The summed E-state index contributed by atoms with van der Waals surface area (Å²) in [6.45, 7) is -0.442. The maximum absolute atomic E-state index is 12.6. The fourth-order valence-electron chi connectivity index (χ4n) is 2.35. The molecule has 2 heterocycles. The van der Waals surface area contributed by atoms with Crippen LogP contribution in [0.25, 0.3) is 0 Å². The lowest BCUT2D eigenvalue weighted by Gasteiger charge is -2.20. The number of alkyl halides is 1. The lowest BCUT2D eigenvalue weighted by molar-refractivity contribution is -0.143. The Morgan fingerprint density at radius 3 is 2.25 bits per heavy atom. The standard InChI is InChI=1S/C8H12FNO2/c9-5-7-1-3-8(10-7,4-2-7)6(11)12/h10H,1-5H2,(H,11,12). The molecule has 0 aromatic carbocycles. The third kappa shape index (κ3) is 0.813. The summed E-state index contributed by atoms with van der Waals surface area (Å²) >= 11 is 0. The zero-order valence-corrected chi connectivity index (χ0v) is 6.77. The molecule has 0 amide bonds. The van der Waals surface area contributed by atoms with Crippen LogP contribution in [0, 0.1) is 0 Å². The number of fused-ring (bicyclic) bond motifs is 2. The third-order valence-corrected chi connectivity index (χ3v) is 3.23. The van der Waals surface area contributed by atoms with Crippen molar-refractivity contribution in [3.05, 3.63) is 0 Å². The van der Waals surface area contributed by atoms with Gasteiger partial charge in [0, 0.05) is 5.54 Å². The van der Waals surface area contributed by atoms with E-state index in [1.165, 1.54) is 0 Å². The molecule has 0 atom stereocenters. The van der Waals surface area contributed by atoms with Crippen LogP contribution in [0.3, 0.4) is 0 Å². The van der Waals surface area contributed by atoms with Crippen LogP contribution in [0.15, 0.2) is 0 Å². The summed E-state index contributed by atoms with van der Waals surface area (Å²) in [6.07, 6.45) is 2.48. The zero-order chi connectivity index (χ0) is 8.82. The van der Waals surface area contributed by atoms with E-state index in [1.807, 2.05) is 0 Å². The van der Waals surface area contributed by atoms with Crippen molar-refractivity contribution in [3.63, 3.8) is 0 Å². The summed E-state index contributed by atoms with van der Waals surface area (Å²) in [5.74, 6) is -0.824. The molecule has 4 heteroatoms. The molecule has 0 aliphatic carbocycles. The number of hydrogen-bond donors (Lipinski definition) is 2. The first-order valence-corrected chi connectivity index (χ1v) is 4.21. The van der Waals surface area contributed by atoms with Crippen LogP contribution in [0.1, 0.15) is 25.7 Å². The lowest BCUT2D eigenvalue weighted by Crippen LogP contribution is -2.48. The van der Waals surface area contributed by atoms with E-state index < -0.39 is 23.7 Å². The molecule has 2 bridgehead atoms. The van der Waals surface area contributed by atoms with Gasteiger partial charge in [0.2, 0.25) is 0 Å². The molecule has 0 unspecified atom stereocenters. The molecule has 2 N–H and O–H groups in total. The topological polar surface area (TPSA) is 49.3 Å². The van der Waals surface area contributed by atoms with Gasteiger partial charge in [-0.25, -0.2) is 4.39 Å². The zero-order valence-electron chi connectivity index (χ0n) is 6.77. The minimum absolute atomic E-state index is 0.442. The molecular formula is C8H12FNO2. The molecule has 0 saturated carbocycles. The average Bonchev–Trinajstić information content (AvgIpc) is 2.61. The summed E-state index contributed by atoms with van der Waals surface area (Å²) in [6, 6.07) is 0. The van der Waals surface area contributed by atoms with Gasteiger partial charge in [-0.05, 0) is 25.7 Å². The molecule has 68 valence electrons. The average molecular weight is 173 g/mol. The number of nitrogens with one attached hydrogen (secondary N) is 1. The van der Waals surface area contributed by atoms with Gasteiger partial charge in [-0.15, -0.1) is 0 Å². The smallest absolute Gasteiger partial charge is 0.323 e. The Labute approximate surface area is 70.0 Å². The number of aliphatic carboxylic acids is 1. The second kappa shape index (κ2) is 2.19. The summed E-state index contributed by atoms with van der Waals surface area (Å²) in [7, 11) is 0. The van der Waals surface area contributed by atoms with Crippen molar-refractivity contribution in [3.8, 4) is 0 Å². The van der Waals surface area contributed by atoms with Crippen LogP contribution in [0.4, 0.5) is 4.39 Å². The maximum Gasteiger partial charge on any atom is 0.323 e. The number of carbonyl (C=O) groups is 1. The van der Waals surface area contributed by atoms with E-state index in [4.69, 9.17) is 5.11 Å². The maximum atomic E-state index is 12.6. The van der Waals surface area contributed by atoms with Gasteiger partial charge in [-0.3, -0.25) is 10.1 Å². The highest BCUT2D eigenvalue weighted by atomic mass is 19.1. The Bertz CT molecular complexity index is 221. The second-order valence-corrected chi connectivity index (χ2v) is 3.93. The first-order chi connectivity index (χ1) is 5.63. The minimum atomic E-state index is -0.824. The van der Waals surface area contributed by atoms with Crippen LogP contribution < -0.4 is 5.32 Å². The molecule has 0 aromatic heterocycles. The van der Waals surface area contributed by atoms with E-state index >= 15 is 0 Å². The van der Waals surface area contributed by atoms with Crippen LogP contribution in [-0.4, -0.2) is 28.8 Å². The van der Waals surface area contributed by atoms with Gasteiger partial charge < -0.3 is 5.11 Å². The van der Waals surface area contributed by atoms with Crippen molar-refractivity contribution in [2.24, 2.45) is 0 Å². The van der Waals surface area contributed by atoms with E-state index in [-0.39, 0.29) is 0 Å². The normalized spacial score (nSPS) is 45.1. The fraction of sp³-hybridized carbons (Fsp3) is 0.875. The van der Waals surface area contributed by atoms with Crippen molar-refractivity contribution in [2.45, 2.75) is 36.8 Å². The third-order valence-electron chi connectivity index (χ3n) is 3.23. The molecule has 2 saturated heterocycles. The molecule has 2 aliphatic heterocycles. The summed E-state index contributed by atoms with van der Waals surface area (Å²) in [5, 5.41) is 11.8. The first-order valence-electron chi connectivity index (χ1n) is 4.21. The van der Waals surface area contributed by atoms with Gasteiger partial charge >= 0.3 is 5.97 Å². The summed E-state index contributed by atoms with van der Waals surface area (Å²) < 4.78 is 12.6. The van der Waals surface area contributed by atoms with Crippen molar-refractivity contribution < 1.29 is 14.3 Å². The molecule has 2 fully saturated rings. The number of carboxylic acid groups (broad SMARTS) is 1. The Hall–Kier alpha value is -0.640. The van der Waals surface area contributed by atoms with Crippen LogP contribution >= 0.6 is 0 Å². The molecule has 0 aromatic rings. The molecule has 2 aliphatic rings. The molecule has 0 radical (unpaired) electrons. The predicted octanol–water partition coefficient (Wildman–Crippen LogP) is 0.695. The lowest BCUT2D eigenvalue weighted by atomic mass is 9.83. The highest BCUT2D eigenvalue weighted by Crippen LogP contribution is 2.45. The fourth-order valence-corrected chi connectivity index (χ4v) is 2.35. The van der Waals surface area contributed by atoms with Crippen molar-refractivity contribution in [2.75, 3.05) is 6.67 Å². The molecule has 2 rings (SSSR count). The highest BCUT2D eigenvalue weighted by molar-refractivity contribution is 5.80. The van der Waals surface area contributed by atoms with Crippen LogP contribution in [0.5, 0.6) is 0 Å².